The fraction of sp³-hybridized carbons (Fsp3) is 0.304. The zero-order chi connectivity index (χ0) is 26.7. The Labute approximate surface area is 210 Å². The van der Waals surface area contributed by atoms with Crippen LogP contribution < -0.4 is 16.4 Å². The van der Waals surface area contributed by atoms with Crippen LogP contribution in [-0.4, -0.2) is 56.7 Å². The van der Waals surface area contributed by atoms with Gasteiger partial charge in [0.15, 0.2) is 6.04 Å². The van der Waals surface area contributed by atoms with Crippen LogP contribution in [0.5, 0.6) is 0 Å². The molecule has 12 nitrogen and oxygen atoms in total. The Morgan fingerprint density at radius 3 is 2.17 bits per heavy atom. The van der Waals surface area contributed by atoms with E-state index in [1.54, 1.807) is 42.5 Å². The first-order valence-corrected chi connectivity index (χ1v) is 11.9. The largest absolute Gasteiger partial charge is 0.480 e. The SMILES string of the molecule is N[C@@H](CCC(=O)N[C@@H](CSCc1ccc([N+](=O)[O-])cc1)C(=O)N[C@@H](C(=O)O)c1ccccc1)C(=O)O. The molecule has 0 aliphatic heterocycles. The van der Waals surface area contributed by atoms with E-state index in [0.717, 1.165) is 5.56 Å². The highest BCUT2D eigenvalue weighted by Crippen LogP contribution is 2.18. The first kappa shape index (κ1) is 28.3. The van der Waals surface area contributed by atoms with Crippen molar-refractivity contribution >= 4 is 41.2 Å². The van der Waals surface area contributed by atoms with E-state index in [-0.39, 0.29) is 24.3 Å². The molecule has 6 N–H and O–H groups in total. The second-order valence-electron chi connectivity index (χ2n) is 7.73. The molecule has 0 radical (unpaired) electrons. The minimum Gasteiger partial charge on any atom is -0.480 e. The van der Waals surface area contributed by atoms with Crippen LogP contribution in [0.15, 0.2) is 54.6 Å². The van der Waals surface area contributed by atoms with Crippen molar-refractivity contribution in [1.82, 2.24) is 10.6 Å². The minimum atomic E-state index is -1.35. The van der Waals surface area contributed by atoms with E-state index < -0.39 is 46.8 Å². The highest BCUT2D eigenvalue weighted by molar-refractivity contribution is 7.98. The third-order valence-corrected chi connectivity index (χ3v) is 6.12. The van der Waals surface area contributed by atoms with Gasteiger partial charge in [-0.15, -0.1) is 0 Å². The number of nitrogens with zero attached hydrogens (tertiary/aromatic N) is 1. The standard InChI is InChI=1S/C23H26N4O8S/c24-17(22(30)31)10-11-19(28)25-18(13-36-12-14-6-8-16(9-7-14)27(34)35)21(29)26-20(23(32)33)15-4-2-1-3-5-15/h1-9,17-18,20H,10-13,24H2,(H,25,28)(H,26,29)(H,30,31)(H,32,33)/t17-,18-,20+/m0/s1. The number of hydrogen-bond acceptors (Lipinski definition) is 8. The normalized spacial score (nSPS) is 13.1. The minimum absolute atomic E-state index is 0.0562. The molecule has 0 unspecified atom stereocenters. The number of carbonyl (C=O) groups is 4. The van der Waals surface area contributed by atoms with E-state index in [1.807, 2.05) is 0 Å². The van der Waals surface area contributed by atoms with Crippen molar-refractivity contribution in [1.29, 1.82) is 0 Å². The number of carboxylic acids is 2. The van der Waals surface area contributed by atoms with E-state index in [1.165, 1.54) is 23.9 Å². The Balaban J connectivity index is 2.08. The molecule has 0 saturated carbocycles. The highest BCUT2D eigenvalue weighted by Gasteiger charge is 2.28. The smallest absolute Gasteiger partial charge is 0.330 e. The topological polar surface area (TPSA) is 202 Å². The number of nitrogens with one attached hydrogen (secondary N) is 2. The maximum atomic E-state index is 13.0. The molecule has 2 amide bonds. The Bertz CT molecular complexity index is 1080. The number of amides is 2. The number of hydrogen-bond donors (Lipinski definition) is 5. The van der Waals surface area contributed by atoms with E-state index in [0.29, 0.717) is 11.3 Å². The van der Waals surface area contributed by atoms with Crippen molar-refractivity contribution in [3.8, 4) is 0 Å². The fourth-order valence-electron chi connectivity index (χ4n) is 3.04. The van der Waals surface area contributed by atoms with Gasteiger partial charge in [0.05, 0.1) is 4.92 Å². The molecule has 2 rings (SSSR count). The first-order valence-electron chi connectivity index (χ1n) is 10.8. The zero-order valence-corrected chi connectivity index (χ0v) is 19.8. The number of non-ortho nitro benzene ring substituents is 1. The molecule has 0 bridgehead atoms. The lowest BCUT2D eigenvalue weighted by atomic mass is 10.1. The maximum Gasteiger partial charge on any atom is 0.330 e. The molecule has 3 atom stereocenters. The third-order valence-electron chi connectivity index (χ3n) is 5.02. The molecular weight excluding hydrogens is 492 g/mol. The van der Waals surface area contributed by atoms with Crippen LogP contribution in [0, 0.1) is 10.1 Å². The molecule has 13 heteroatoms. The van der Waals surface area contributed by atoms with Crippen LogP contribution >= 0.6 is 11.8 Å². The average Bonchev–Trinajstić information content (AvgIpc) is 2.85. The van der Waals surface area contributed by atoms with Crippen LogP contribution in [0.3, 0.4) is 0 Å². The van der Waals surface area contributed by atoms with Crippen molar-refractivity contribution in [2.24, 2.45) is 5.73 Å². The van der Waals surface area contributed by atoms with E-state index in [9.17, 15) is 34.4 Å². The lowest BCUT2D eigenvalue weighted by Crippen LogP contribution is -2.50. The van der Waals surface area contributed by atoms with Gasteiger partial charge >= 0.3 is 11.9 Å². The predicted octanol–water partition coefficient (Wildman–Crippen LogP) is 1.45. The number of aliphatic carboxylic acids is 2. The molecule has 0 fully saturated rings. The number of carbonyl (C=O) groups excluding carboxylic acids is 2. The van der Waals surface area contributed by atoms with Crippen LogP contribution in [-0.2, 0) is 24.9 Å². The zero-order valence-electron chi connectivity index (χ0n) is 19.0. The van der Waals surface area contributed by atoms with Gasteiger partial charge < -0.3 is 26.6 Å². The van der Waals surface area contributed by atoms with Crippen molar-refractivity contribution in [2.75, 3.05) is 5.75 Å². The Hall–Kier alpha value is -3.97. The van der Waals surface area contributed by atoms with Crippen LogP contribution in [0.25, 0.3) is 0 Å². The summed E-state index contributed by atoms with van der Waals surface area (Å²) in [7, 11) is 0. The van der Waals surface area contributed by atoms with Gasteiger partial charge in [-0.1, -0.05) is 42.5 Å². The molecule has 0 heterocycles. The van der Waals surface area contributed by atoms with Gasteiger partial charge in [-0.2, -0.15) is 11.8 Å². The molecule has 2 aromatic carbocycles. The van der Waals surface area contributed by atoms with Gasteiger partial charge in [0, 0.05) is 30.1 Å². The predicted molar refractivity (Wildman–Crippen MR) is 131 cm³/mol. The number of benzene rings is 2. The summed E-state index contributed by atoms with van der Waals surface area (Å²) >= 11 is 1.25. The van der Waals surface area contributed by atoms with Crippen LogP contribution in [0.2, 0.25) is 0 Å². The van der Waals surface area contributed by atoms with E-state index in [2.05, 4.69) is 10.6 Å². The van der Waals surface area contributed by atoms with Gasteiger partial charge in [0.2, 0.25) is 11.8 Å². The van der Waals surface area contributed by atoms with Gasteiger partial charge in [-0.05, 0) is 17.5 Å². The monoisotopic (exact) mass is 518 g/mol. The summed E-state index contributed by atoms with van der Waals surface area (Å²) in [6.07, 6.45) is -0.390. The molecule has 2 aromatic rings. The molecular formula is C23H26N4O8S. The van der Waals surface area contributed by atoms with E-state index >= 15 is 0 Å². The number of thioether (sulfide) groups is 1. The lowest BCUT2D eigenvalue weighted by Gasteiger charge is -2.22. The molecule has 0 spiro atoms. The summed E-state index contributed by atoms with van der Waals surface area (Å²) in [5.74, 6) is -3.48. The summed E-state index contributed by atoms with van der Waals surface area (Å²) < 4.78 is 0. The quantitative estimate of drug-likeness (QED) is 0.180. The Kier molecular flexibility index (Phi) is 10.8. The second kappa shape index (κ2) is 13.8. The van der Waals surface area contributed by atoms with Crippen molar-refractivity contribution < 1.29 is 34.3 Å². The molecule has 36 heavy (non-hydrogen) atoms. The number of nitrogens with two attached hydrogens (primary N) is 1. The number of nitro groups is 1. The van der Waals surface area contributed by atoms with E-state index in [4.69, 9.17) is 10.8 Å². The summed E-state index contributed by atoms with van der Waals surface area (Å²) in [6.45, 7) is 0. The van der Waals surface area contributed by atoms with Crippen molar-refractivity contribution in [3.63, 3.8) is 0 Å². The molecule has 0 aromatic heterocycles. The number of carboxylic acid groups (broad SMARTS) is 2. The molecule has 0 aliphatic rings. The van der Waals surface area contributed by atoms with Gasteiger partial charge in [-0.25, -0.2) is 4.79 Å². The number of nitro benzene ring substituents is 1. The third kappa shape index (κ3) is 9.00. The second-order valence-corrected chi connectivity index (χ2v) is 8.76. The van der Waals surface area contributed by atoms with Gasteiger partial charge in [-0.3, -0.25) is 24.5 Å². The molecule has 0 saturated heterocycles. The molecule has 0 aliphatic carbocycles. The Morgan fingerprint density at radius 1 is 0.972 bits per heavy atom. The average molecular weight is 519 g/mol. The van der Waals surface area contributed by atoms with Crippen molar-refractivity contribution in [3.05, 3.63) is 75.8 Å². The van der Waals surface area contributed by atoms with Gasteiger partial charge in [0.1, 0.15) is 12.1 Å². The first-order chi connectivity index (χ1) is 17.1. The van der Waals surface area contributed by atoms with Crippen molar-refractivity contribution in [2.45, 2.75) is 36.7 Å². The van der Waals surface area contributed by atoms with Crippen LogP contribution in [0.4, 0.5) is 5.69 Å². The van der Waals surface area contributed by atoms with Gasteiger partial charge in [0.25, 0.3) is 5.69 Å². The Morgan fingerprint density at radius 2 is 1.61 bits per heavy atom. The summed E-state index contributed by atoms with van der Waals surface area (Å²) in [5, 5.41) is 34.2. The summed E-state index contributed by atoms with van der Waals surface area (Å²) in [5.41, 5.74) is 6.45. The number of rotatable bonds is 14. The molecule has 192 valence electrons. The maximum absolute atomic E-state index is 13.0. The van der Waals surface area contributed by atoms with Crippen LogP contribution in [0.1, 0.15) is 30.0 Å². The fourth-order valence-corrected chi connectivity index (χ4v) is 4.06. The summed E-state index contributed by atoms with van der Waals surface area (Å²) in [4.78, 5) is 58.3. The summed E-state index contributed by atoms with van der Waals surface area (Å²) in [6, 6.07) is 10.2. The lowest BCUT2D eigenvalue weighted by molar-refractivity contribution is -0.384. The highest BCUT2D eigenvalue weighted by atomic mass is 32.2.